The number of non-ortho nitro benzene ring substituents is 1. The van der Waals surface area contributed by atoms with Gasteiger partial charge in [-0.05, 0) is 38.5 Å². The predicted octanol–water partition coefficient (Wildman–Crippen LogP) is 2.65. The van der Waals surface area contributed by atoms with E-state index in [-0.39, 0.29) is 10.6 Å². The first-order valence-electron chi connectivity index (χ1n) is 10.5. The van der Waals surface area contributed by atoms with Gasteiger partial charge in [-0.3, -0.25) is 15.0 Å². The average molecular weight is 477 g/mol. The van der Waals surface area contributed by atoms with E-state index in [0.717, 1.165) is 17.7 Å². The molecule has 1 heterocycles. The summed E-state index contributed by atoms with van der Waals surface area (Å²) in [6.07, 6.45) is -0.631. The van der Waals surface area contributed by atoms with Crippen LogP contribution < -0.4 is 10.0 Å². The minimum Gasteiger partial charge on any atom is -0.444 e. The minimum absolute atomic E-state index is 0.0920. The van der Waals surface area contributed by atoms with Crippen molar-refractivity contribution in [3.63, 3.8) is 0 Å². The molecule has 11 heteroatoms. The second-order valence-electron chi connectivity index (χ2n) is 8.91. The van der Waals surface area contributed by atoms with Crippen molar-refractivity contribution in [2.75, 3.05) is 13.1 Å². The largest absolute Gasteiger partial charge is 0.444 e. The van der Waals surface area contributed by atoms with Gasteiger partial charge in [0.15, 0.2) is 0 Å². The highest BCUT2D eigenvalue weighted by molar-refractivity contribution is 7.89. The highest BCUT2D eigenvalue weighted by atomic mass is 32.2. The molecule has 3 rings (SSSR count). The molecule has 10 nitrogen and oxygen atoms in total. The highest BCUT2D eigenvalue weighted by Gasteiger charge is 2.37. The molecular weight excluding hydrogens is 448 g/mol. The zero-order valence-corrected chi connectivity index (χ0v) is 19.5. The van der Waals surface area contributed by atoms with Gasteiger partial charge in [0.05, 0.1) is 21.9 Å². The van der Waals surface area contributed by atoms with Crippen LogP contribution in [0.2, 0.25) is 0 Å². The Kier molecular flexibility index (Phi) is 7.35. The number of benzene rings is 2. The van der Waals surface area contributed by atoms with Gasteiger partial charge in [-0.15, -0.1) is 0 Å². The van der Waals surface area contributed by atoms with Crippen LogP contribution in [0, 0.1) is 10.1 Å². The van der Waals surface area contributed by atoms with Crippen molar-refractivity contribution in [2.45, 2.75) is 49.9 Å². The number of hydrogen-bond donors (Lipinski definition) is 2. The lowest BCUT2D eigenvalue weighted by molar-refractivity contribution is -0.384. The number of likely N-dealkylation sites (tertiary alicyclic amines) is 1. The van der Waals surface area contributed by atoms with Gasteiger partial charge in [-0.2, -0.15) is 0 Å². The molecule has 2 N–H and O–H groups in total. The Hall–Kier alpha value is -3.02. The summed E-state index contributed by atoms with van der Waals surface area (Å²) in [6.45, 7) is 6.61. The van der Waals surface area contributed by atoms with Crippen LogP contribution in [0.1, 0.15) is 26.3 Å². The van der Waals surface area contributed by atoms with E-state index >= 15 is 0 Å². The Labute approximate surface area is 193 Å². The maximum Gasteiger partial charge on any atom is 0.407 e. The Morgan fingerprint density at radius 2 is 1.70 bits per heavy atom. The number of nitro groups is 1. The number of amides is 1. The van der Waals surface area contributed by atoms with Gasteiger partial charge in [-0.1, -0.05) is 30.3 Å². The number of rotatable bonds is 7. The van der Waals surface area contributed by atoms with Crippen molar-refractivity contribution in [1.82, 2.24) is 14.9 Å². The van der Waals surface area contributed by atoms with Crippen LogP contribution >= 0.6 is 0 Å². The molecule has 2 aromatic rings. The van der Waals surface area contributed by atoms with Crippen LogP contribution in [0.5, 0.6) is 0 Å². The van der Waals surface area contributed by atoms with E-state index < -0.39 is 38.7 Å². The fourth-order valence-corrected chi connectivity index (χ4v) is 4.86. The van der Waals surface area contributed by atoms with Gasteiger partial charge in [0, 0.05) is 31.8 Å². The molecule has 0 aromatic heterocycles. The number of nitrogens with one attached hydrogen (secondary N) is 2. The molecule has 0 radical (unpaired) electrons. The molecule has 0 unspecified atom stereocenters. The molecule has 178 valence electrons. The van der Waals surface area contributed by atoms with Crippen molar-refractivity contribution in [1.29, 1.82) is 0 Å². The molecule has 2 aromatic carbocycles. The lowest BCUT2D eigenvalue weighted by atomic mass is 10.2. The number of hydrogen-bond acceptors (Lipinski definition) is 7. The Bertz CT molecular complexity index is 1080. The molecule has 1 amide bonds. The van der Waals surface area contributed by atoms with Crippen molar-refractivity contribution < 1.29 is 22.9 Å². The van der Waals surface area contributed by atoms with E-state index in [1.807, 2.05) is 35.2 Å². The number of alkyl carbamates (subject to hydrolysis) is 1. The third-order valence-corrected chi connectivity index (χ3v) is 6.52. The molecule has 33 heavy (non-hydrogen) atoms. The van der Waals surface area contributed by atoms with Crippen LogP contribution in [0.15, 0.2) is 59.5 Å². The van der Waals surface area contributed by atoms with Crippen molar-refractivity contribution >= 4 is 21.8 Å². The monoisotopic (exact) mass is 476 g/mol. The van der Waals surface area contributed by atoms with Crippen LogP contribution in [0.25, 0.3) is 0 Å². The van der Waals surface area contributed by atoms with Gasteiger partial charge >= 0.3 is 6.09 Å². The summed E-state index contributed by atoms with van der Waals surface area (Å²) in [6, 6.07) is 13.2. The standard InChI is InChI=1S/C22H28N4O6S/c1-22(2,3)32-21(27)23-19-14-25(13-16-7-5-4-6-8-16)15-20(19)24-33(30,31)18-11-9-17(10-12-18)26(28)29/h4-12,19-20,24H,13-15H2,1-3H3,(H,23,27)/t19-,20-/m1/s1. The fraction of sp³-hybridized carbons (Fsp3) is 0.409. The Morgan fingerprint density at radius 3 is 2.27 bits per heavy atom. The second-order valence-corrected chi connectivity index (χ2v) is 10.6. The van der Waals surface area contributed by atoms with Gasteiger partial charge in [0.2, 0.25) is 10.0 Å². The van der Waals surface area contributed by atoms with Crippen molar-refractivity contribution in [2.24, 2.45) is 0 Å². The smallest absolute Gasteiger partial charge is 0.407 e. The number of sulfonamides is 1. The summed E-state index contributed by atoms with van der Waals surface area (Å²) >= 11 is 0. The topological polar surface area (TPSA) is 131 Å². The maximum atomic E-state index is 13.0. The molecule has 0 spiro atoms. The average Bonchev–Trinajstić information content (AvgIpc) is 3.07. The zero-order valence-electron chi connectivity index (χ0n) is 18.7. The van der Waals surface area contributed by atoms with Gasteiger partial charge in [-0.25, -0.2) is 17.9 Å². The predicted molar refractivity (Wildman–Crippen MR) is 122 cm³/mol. The summed E-state index contributed by atoms with van der Waals surface area (Å²) in [7, 11) is -3.98. The number of carbonyl (C=O) groups is 1. The molecule has 0 saturated carbocycles. The quantitative estimate of drug-likeness (QED) is 0.464. The summed E-state index contributed by atoms with van der Waals surface area (Å²) in [5.41, 5.74) is 0.167. The Balaban J connectivity index is 1.77. The summed E-state index contributed by atoms with van der Waals surface area (Å²) in [5.74, 6) is 0. The van der Waals surface area contributed by atoms with Crippen LogP contribution in [-0.2, 0) is 21.3 Å². The molecule has 2 atom stereocenters. The molecule has 1 fully saturated rings. The maximum absolute atomic E-state index is 13.0. The van der Waals surface area contributed by atoms with Crippen molar-refractivity contribution in [3.05, 3.63) is 70.3 Å². The van der Waals surface area contributed by atoms with E-state index in [2.05, 4.69) is 10.0 Å². The van der Waals surface area contributed by atoms with Crippen LogP contribution in [-0.4, -0.2) is 55.1 Å². The number of ether oxygens (including phenoxy) is 1. The lowest BCUT2D eigenvalue weighted by Gasteiger charge is -2.24. The molecule has 1 saturated heterocycles. The van der Waals surface area contributed by atoms with Crippen LogP contribution in [0.4, 0.5) is 10.5 Å². The Morgan fingerprint density at radius 1 is 1.09 bits per heavy atom. The summed E-state index contributed by atoms with van der Waals surface area (Å²) in [4.78, 5) is 24.6. The molecule has 1 aliphatic heterocycles. The molecular formula is C22H28N4O6S. The van der Waals surface area contributed by atoms with Crippen molar-refractivity contribution in [3.8, 4) is 0 Å². The second kappa shape index (κ2) is 9.86. The third-order valence-electron chi connectivity index (χ3n) is 5.01. The van der Waals surface area contributed by atoms with E-state index in [4.69, 9.17) is 4.74 Å². The minimum atomic E-state index is -3.98. The lowest BCUT2D eigenvalue weighted by Crippen LogP contribution is -2.51. The normalized spacial score (nSPS) is 19.2. The summed E-state index contributed by atoms with van der Waals surface area (Å²) in [5, 5.41) is 13.6. The zero-order chi connectivity index (χ0) is 24.2. The SMILES string of the molecule is CC(C)(C)OC(=O)N[C@@H]1CN(Cc2ccccc2)C[C@H]1NS(=O)(=O)c1ccc([N+](=O)[O-])cc1. The van der Waals surface area contributed by atoms with Gasteiger partial charge in [0.1, 0.15) is 5.60 Å². The van der Waals surface area contributed by atoms with E-state index in [1.165, 1.54) is 12.1 Å². The number of carbonyl (C=O) groups excluding carboxylic acids is 1. The highest BCUT2D eigenvalue weighted by Crippen LogP contribution is 2.20. The molecule has 0 bridgehead atoms. The first kappa shape index (κ1) is 24.6. The third kappa shape index (κ3) is 6.98. The van der Waals surface area contributed by atoms with E-state index in [1.54, 1.807) is 20.8 Å². The van der Waals surface area contributed by atoms with Gasteiger partial charge in [0.25, 0.3) is 5.69 Å². The van der Waals surface area contributed by atoms with E-state index in [9.17, 15) is 23.3 Å². The summed E-state index contributed by atoms with van der Waals surface area (Å²) < 4.78 is 33.9. The molecule has 0 aliphatic carbocycles. The first-order chi connectivity index (χ1) is 15.4. The first-order valence-corrected chi connectivity index (χ1v) is 11.9. The molecule has 1 aliphatic rings. The fourth-order valence-electron chi connectivity index (χ4n) is 3.59. The van der Waals surface area contributed by atoms with Gasteiger partial charge < -0.3 is 10.1 Å². The number of nitro benzene ring substituents is 1. The van der Waals surface area contributed by atoms with E-state index in [0.29, 0.717) is 19.6 Å². The number of nitrogens with zero attached hydrogens (tertiary/aromatic N) is 2. The van der Waals surface area contributed by atoms with Crippen LogP contribution in [0.3, 0.4) is 0 Å².